The molecule has 1 heterocycles. The first-order valence-electron chi connectivity index (χ1n) is 3.45. The summed E-state index contributed by atoms with van der Waals surface area (Å²) in [5, 5.41) is 0. The number of alkyl halides is 1. The Morgan fingerprint density at radius 3 is 2.75 bits per heavy atom. The molecule has 0 saturated carbocycles. The van der Waals surface area contributed by atoms with Gasteiger partial charge in [0.1, 0.15) is 4.32 Å². The Bertz CT molecular complexity index is 258. The third kappa shape index (κ3) is 2.37. The van der Waals surface area contributed by atoms with E-state index < -0.39 is 4.32 Å². The zero-order chi connectivity index (χ0) is 9.19. The lowest BCUT2D eigenvalue weighted by molar-refractivity contribution is -0.137. The summed E-state index contributed by atoms with van der Waals surface area (Å²) in [6.45, 7) is 3.41. The molecule has 0 unspecified atom stereocenters. The third-order valence-electron chi connectivity index (χ3n) is 1.17. The van der Waals surface area contributed by atoms with Gasteiger partial charge in [0.25, 0.3) is 5.95 Å². The van der Waals surface area contributed by atoms with Crippen molar-refractivity contribution in [3.63, 3.8) is 0 Å². The summed E-state index contributed by atoms with van der Waals surface area (Å²) < 4.78 is 9.02. The van der Waals surface area contributed by atoms with Crippen molar-refractivity contribution < 1.29 is 13.9 Å². The van der Waals surface area contributed by atoms with Crippen LogP contribution in [0.15, 0.2) is 22.8 Å². The Labute approximate surface area is 78.8 Å². The van der Waals surface area contributed by atoms with Crippen molar-refractivity contribution in [3.8, 4) is 5.95 Å². The Morgan fingerprint density at radius 1 is 1.67 bits per heavy atom. The maximum absolute atomic E-state index is 11.2. The van der Waals surface area contributed by atoms with Crippen molar-refractivity contribution in [2.45, 2.75) is 18.2 Å². The van der Waals surface area contributed by atoms with Crippen molar-refractivity contribution in [3.05, 3.63) is 18.4 Å². The highest BCUT2D eigenvalue weighted by Gasteiger charge is 2.26. The van der Waals surface area contributed by atoms with Crippen molar-refractivity contribution in [2.75, 3.05) is 0 Å². The zero-order valence-electron chi connectivity index (χ0n) is 6.83. The molecule has 0 aliphatic rings. The molecule has 0 N–H and O–H groups in total. The third-order valence-corrected chi connectivity index (χ3v) is 1.50. The van der Waals surface area contributed by atoms with Crippen LogP contribution < -0.4 is 4.74 Å². The maximum Gasteiger partial charge on any atom is 0.330 e. The summed E-state index contributed by atoms with van der Waals surface area (Å²) in [5.74, 6) is -0.162. The van der Waals surface area contributed by atoms with Gasteiger partial charge in [0.15, 0.2) is 0 Å². The molecule has 66 valence electrons. The number of furan rings is 1. The molecule has 0 fully saturated rings. The molecular formula is C8H9BrO3. The van der Waals surface area contributed by atoms with Gasteiger partial charge in [0, 0.05) is 6.07 Å². The number of halogens is 1. The smallest absolute Gasteiger partial charge is 0.330 e. The van der Waals surface area contributed by atoms with Crippen LogP contribution in [0.5, 0.6) is 5.95 Å². The highest BCUT2D eigenvalue weighted by atomic mass is 79.9. The molecule has 0 amide bonds. The fraction of sp³-hybridized carbons (Fsp3) is 0.375. The first-order valence-corrected chi connectivity index (χ1v) is 4.24. The van der Waals surface area contributed by atoms with Crippen LogP contribution in [0.4, 0.5) is 0 Å². The standard InChI is InChI=1S/C8H9BrO3/c1-8(2,9)7(10)12-6-4-3-5-11-6/h3-5H,1-2H3. The number of esters is 1. The minimum Gasteiger partial charge on any atom is -0.434 e. The Hall–Kier alpha value is -0.770. The van der Waals surface area contributed by atoms with Crippen molar-refractivity contribution in [1.82, 2.24) is 0 Å². The largest absolute Gasteiger partial charge is 0.434 e. The normalized spacial score (nSPS) is 11.2. The highest BCUT2D eigenvalue weighted by Crippen LogP contribution is 2.20. The summed E-state index contributed by atoms with van der Waals surface area (Å²) in [6, 6.07) is 3.24. The Morgan fingerprint density at radius 2 is 2.33 bits per heavy atom. The van der Waals surface area contributed by atoms with Crippen molar-refractivity contribution >= 4 is 21.9 Å². The van der Waals surface area contributed by atoms with Crippen LogP contribution in [0.25, 0.3) is 0 Å². The van der Waals surface area contributed by atoms with E-state index in [-0.39, 0.29) is 11.9 Å². The van der Waals surface area contributed by atoms with Crippen LogP contribution >= 0.6 is 15.9 Å². The lowest BCUT2D eigenvalue weighted by Gasteiger charge is -2.12. The van der Waals surface area contributed by atoms with E-state index in [9.17, 15) is 4.79 Å². The van der Waals surface area contributed by atoms with Gasteiger partial charge in [-0.15, -0.1) is 0 Å². The van der Waals surface area contributed by atoms with E-state index >= 15 is 0 Å². The molecule has 4 heteroatoms. The predicted molar refractivity (Wildman–Crippen MR) is 47.3 cm³/mol. The van der Waals surface area contributed by atoms with Gasteiger partial charge in [-0.05, 0) is 19.9 Å². The van der Waals surface area contributed by atoms with Crippen LogP contribution in [-0.2, 0) is 4.79 Å². The number of carbonyl (C=O) groups is 1. The number of carbonyl (C=O) groups excluding carboxylic acids is 1. The van der Waals surface area contributed by atoms with Crippen LogP contribution in [0.1, 0.15) is 13.8 Å². The topological polar surface area (TPSA) is 39.4 Å². The average Bonchev–Trinajstić information content (AvgIpc) is 2.37. The van der Waals surface area contributed by atoms with E-state index in [1.807, 2.05) is 0 Å². The second-order valence-corrected chi connectivity index (χ2v) is 4.78. The first-order chi connectivity index (χ1) is 5.50. The molecule has 0 radical (unpaired) electrons. The van der Waals surface area contributed by atoms with E-state index in [0.29, 0.717) is 0 Å². The number of rotatable bonds is 2. The highest BCUT2D eigenvalue weighted by molar-refractivity contribution is 9.10. The lowest BCUT2D eigenvalue weighted by Crippen LogP contribution is -2.28. The lowest BCUT2D eigenvalue weighted by atomic mass is 10.2. The maximum atomic E-state index is 11.2. The Kier molecular flexibility index (Phi) is 2.57. The fourth-order valence-electron chi connectivity index (χ4n) is 0.534. The SMILES string of the molecule is CC(C)(Br)C(=O)Oc1ccco1. The molecule has 3 nitrogen and oxygen atoms in total. The monoisotopic (exact) mass is 232 g/mol. The quantitative estimate of drug-likeness (QED) is 0.581. The van der Waals surface area contributed by atoms with E-state index in [0.717, 1.165) is 0 Å². The van der Waals surface area contributed by atoms with Crippen molar-refractivity contribution in [1.29, 1.82) is 0 Å². The van der Waals surface area contributed by atoms with E-state index in [1.54, 1.807) is 26.0 Å². The fourth-order valence-corrected chi connectivity index (χ4v) is 0.615. The first kappa shape index (κ1) is 9.32. The van der Waals surface area contributed by atoms with Crippen LogP contribution in [0.3, 0.4) is 0 Å². The summed E-state index contributed by atoms with van der Waals surface area (Å²) >= 11 is 3.17. The minimum absolute atomic E-state index is 0.215. The summed E-state index contributed by atoms with van der Waals surface area (Å²) in [6.07, 6.45) is 1.45. The molecule has 0 spiro atoms. The molecule has 1 rings (SSSR count). The summed E-state index contributed by atoms with van der Waals surface area (Å²) in [7, 11) is 0. The summed E-state index contributed by atoms with van der Waals surface area (Å²) in [5.41, 5.74) is 0. The van der Waals surface area contributed by atoms with E-state index in [2.05, 4.69) is 15.9 Å². The van der Waals surface area contributed by atoms with Gasteiger partial charge in [0.2, 0.25) is 0 Å². The van der Waals surface area contributed by atoms with Gasteiger partial charge in [-0.2, -0.15) is 0 Å². The molecule has 0 atom stereocenters. The van der Waals surface area contributed by atoms with Gasteiger partial charge in [-0.1, -0.05) is 15.9 Å². The molecule has 0 saturated heterocycles. The molecule has 1 aromatic heterocycles. The molecule has 0 bridgehead atoms. The molecule has 0 aromatic carbocycles. The van der Waals surface area contributed by atoms with Crippen LogP contribution in [0.2, 0.25) is 0 Å². The Balaban J connectivity index is 2.60. The average molecular weight is 233 g/mol. The number of ether oxygens (including phenoxy) is 1. The van der Waals surface area contributed by atoms with E-state index in [1.165, 1.54) is 6.26 Å². The van der Waals surface area contributed by atoms with Crippen LogP contribution in [-0.4, -0.2) is 10.3 Å². The molecular weight excluding hydrogens is 224 g/mol. The molecule has 12 heavy (non-hydrogen) atoms. The van der Waals surface area contributed by atoms with Gasteiger partial charge in [0.05, 0.1) is 6.26 Å². The van der Waals surface area contributed by atoms with Gasteiger partial charge in [-0.3, -0.25) is 4.79 Å². The second-order valence-electron chi connectivity index (χ2n) is 2.79. The zero-order valence-corrected chi connectivity index (χ0v) is 8.42. The number of hydrogen-bond acceptors (Lipinski definition) is 3. The van der Waals surface area contributed by atoms with Crippen LogP contribution in [0, 0.1) is 0 Å². The van der Waals surface area contributed by atoms with Gasteiger partial charge in [-0.25, -0.2) is 0 Å². The summed E-state index contributed by atoms with van der Waals surface area (Å²) in [4.78, 5) is 11.2. The molecule has 1 aromatic rings. The number of hydrogen-bond donors (Lipinski definition) is 0. The van der Waals surface area contributed by atoms with Crippen molar-refractivity contribution in [2.24, 2.45) is 0 Å². The minimum atomic E-state index is -0.681. The van der Waals surface area contributed by atoms with Gasteiger partial charge < -0.3 is 9.15 Å². The molecule has 0 aliphatic heterocycles. The van der Waals surface area contributed by atoms with Gasteiger partial charge >= 0.3 is 5.97 Å². The van der Waals surface area contributed by atoms with E-state index in [4.69, 9.17) is 9.15 Å². The molecule has 0 aliphatic carbocycles. The second kappa shape index (κ2) is 3.31. The predicted octanol–water partition coefficient (Wildman–Crippen LogP) is 2.36.